The van der Waals surface area contributed by atoms with Crippen LogP contribution in [0.25, 0.3) is 0 Å². The molecule has 25 heavy (non-hydrogen) atoms. The van der Waals surface area contributed by atoms with Crippen molar-refractivity contribution in [2.75, 3.05) is 13.1 Å². The molecule has 3 rings (SSSR count). The van der Waals surface area contributed by atoms with Gasteiger partial charge in [-0.1, -0.05) is 36.0 Å². The van der Waals surface area contributed by atoms with Crippen LogP contribution in [-0.4, -0.2) is 35.1 Å². The number of aliphatic carboxylic acids is 1. The smallest absolute Gasteiger partial charge is 0.320 e. The molecule has 1 atom stereocenters. The molecule has 0 bridgehead atoms. The molecule has 0 saturated carbocycles. The van der Waals surface area contributed by atoms with Crippen LogP contribution in [0, 0.1) is 5.82 Å². The highest BCUT2D eigenvalue weighted by Crippen LogP contribution is 2.31. The predicted octanol–water partition coefficient (Wildman–Crippen LogP) is 4.46. The van der Waals surface area contributed by atoms with Gasteiger partial charge in [0.25, 0.3) is 0 Å². The van der Waals surface area contributed by atoms with Crippen LogP contribution in [0.1, 0.15) is 24.8 Å². The summed E-state index contributed by atoms with van der Waals surface area (Å²) in [5.41, 5.74) is 1.22. The molecule has 132 valence electrons. The van der Waals surface area contributed by atoms with E-state index in [4.69, 9.17) is 0 Å². The fourth-order valence-electron chi connectivity index (χ4n) is 3.31. The van der Waals surface area contributed by atoms with Gasteiger partial charge in [0, 0.05) is 9.79 Å². The van der Waals surface area contributed by atoms with E-state index in [0.717, 1.165) is 48.6 Å². The third kappa shape index (κ3) is 4.83. The Hall–Kier alpha value is -1.85. The predicted molar refractivity (Wildman–Crippen MR) is 97.5 cm³/mol. The van der Waals surface area contributed by atoms with E-state index in [1.54, 1.807) is 23.9 Å². The van der Waals surface area contributed by atoms with Crippen molar-refractivity contribution < 1.29 is 14.3 Å². The Balaban J connectivity index is 1.60. The zero-order valence-corrected chi connectivity index (χ0v) is 14.8. The summed E-state index contributed by atoms with van der Waals surface area (Å²) in [5, 5.41) is 9.26. The highest BCUT2D eigenvalue weighted by molar-refractivity contribution is 7.99. The van der Waals surface area contributed by atoms with Crippen LogP contribution in [0.3, 0.4) is 0 Å². The molecule has 3 nitrogen and oxygen atoms in total. The van der Waals surface area contributed by atoms with Crippen LogP contribution in [-0.2, 0) is 11.2 Å². The monoisotopic (exact) mass is 359 g/mol. The molecule has 1 N–H and O–H groups in total. The van der Waals surface area contributed by atoms with Crippen LogP contribution in [0.5, 0.6) is 0 Å². The molecule has 0 aliphatic carbocycles. The van der Waals surface area contributed by atoms with Gasteiger partial charge in [0.15, 0.2) is 0 Å². The Morgan fingerprint density at radius 3 is 2.88 bits per heavy atom. The molecule has 1 heterocycles. The Bertz CT molecular complexity index is 737. The standard InChI is InChI=1S/C20H22FNO2S/c21-16-8-3-9-17(14-16)25-19-11-2-1-6-15(19)7-4-12-22-13-5-10-18(22)20(23)24/h1-3,6,8-9,11,14,18H,4-5,7,10,12-13H2,(H,23,24). The molecule has 5 heteroatoms. The zero-order chi connectivity index (χ0) is 17.6. The van der Waals surface area contributed by atoms with Crippen molar-refractivity contribution in [2.45, 2.75) is 41.5 Å². The van der Waals surface area contributed by atoms with Gasteiger partial charge in [-0.15, -0.1) is 0 Å². The Labute approximate surface area is 151 Å². The van der Waals surface area contributed by atoms with Crippen molar-refractivity contribution in [3.05, 3.63) is 59.9 Å². The van der Waals surface area contributed by atoms with E-state index in [2.05, 4.69) is 17.0 Å². The molecule has 1 fully saturated rings. The largest absolute Gasteiger partial charge is 0.480 e. The third-order valence-corrected chi connectivity index (χ3v) is 5.64. The van der Waals surface area contributed by atoms with E-state index in [1.165, 1.54) is 11.6 Å². The van der Waals surface area contributed by atoms with Gasteiger partial charge in [0.05, 0.1) is 0 Å². The van der Waals surface area contributed by atoms with Crippen molar-refractivity contribution in [3.8, 4) is 0 Å². The van der Waals surface area contributed by atoms with E-state index in [-0.39, 0.29) is 11.9 Å². The Kier molecular flexibility index (Phi) is 6.10. The second kappa shape index (κ2) is 8.50. The van der Waals surface area contributed by atoms with E-state index >= 15 is 0 Å². The van der Waals surface area contributed by atoms with Gasteiger partial charge in [-0.2, -0.15) is 0 Å². The second-order valence-electron chi connectivity index (χ2n) is 6.30. The first-order chi connectivity index (χ1) is 12.1. The molecule has 0 radical (unpaired) electrons. The van der Waals surface area contributed by atoms with E-state index in [9.17, 15) is 14.3 Å². The SMILES string of the molecule is O=C(O)C1CCCN1CCCc1ccccc1Sc1cccc(F)c1. The van der Waals surface area contributed by atoms with Crippen molar-refractivity contribution in [1.29, 1.82) is 0 Å². The average molecular weight is 359 g/mol. The van der Waals surface area contributed by atoms with Gasteiger partial charge < -0.3 is 5.11 Å². The van der Waals surface area contributed by atoms with Crippen molar-refractivity contribution >= 4 is 17.7 Å². The first kappa shape index (κ1) is 18.0. The summed E-state index contributed by atoms with van der Waals surface area (Å²) >= 11 is 1.57. The summed E-state index contributed by atoms with van der Waals surface area (Å²) in [4.78, 5) is 15.3. The summed E-state index contributed by atoms with van der Waals surface area (Å²) < 4.78 is 13.4. The number of hydrogen-bond acceptors (Lipinski definition) is 3. The van der Waals surface area contributed by atoms with Crippen LogP contribution < -0.4 is 0 Å². The zero-order valence-electron chi connectivity index (χ0n) is 14.0. The van der Waals surface area contributed by atoms with Crippen LogP contribution >= 0.6 is 11.8 Å². The number of carbonyl (C=O) groups is 1. The van der Waals surface area contributed by atoms with Crippen LogP contribution in [0.15, 0.2) is 58.3 Å². The van der Waals surface area contributed by atoms with E-state index < -0.39 is 5.97 Å². The molecule has 1 aliphatic heterocycles. The van der Waals surface area contributed by atoms with Crippen molar-refractivity contribution in [3.63, 3.8) is 0 Å². The van der Waals surface area contributed by atoms with Gasteiger partial charge >= 0.3 is 5.97 Å². The number of halogens is 1. The summed E-state index contributed by atoms with van der Waals surface area (Å²) in [6.07, 6.45) is 3.52. The molecule has 2 aromatic rings. The lowest BCUT2D eigenvalue weighted by Gasteiger charge is -2.21. The number of carboxylic acid groups (broad SMARTS) is 1. The topological polar surface area (TPSA) is 40.5 Å². The van der Waals surface area contributed by atoms with Gasteiger partial charge in [0.1, 0.15) is 11.9 Å². The average Bonchev–Trinajstić information content (AvgIpc) is 3.05. The molecular weight excluding hydrogens is 337 g/mol. The molecule has 1 unspecified atom stereocenters. The van der Waals surface area contributed by atoms with Gasteiger partial charge in [-0.25, -0.2) is 4.39 Å². The van der Waals surface area contributed by atoms with Gasteiger partial charge in [0.2, 0.25) is 0 Å². The normalized spacial score (nSPS) is 17.7. The fourth-order valence-corrected chi connectivity index (χ4v) is 4.33. The maximum atomic E-state index is 13.4. The summed E-state index contributed by atoms with van der Waals surface area (Å²) in [7, 11) is 0. The maximum absolute atomic E-state index is 13.4. The van der Waals surface area contributed by atoms with E-state index in [1.807, 2.05) is 18.2 Å². The van der Waals surface area contributed by atoms with Crippen molar-refractivity contribution in [2.24, 2.45) is 0 Å². The van der Waals surface area contributed by atoms with Crippen LogP contribution in [0.2, 0.25) is 0 Å². The number of rotatable bonds is 7. The molecule has 0 aromatic heterocycles. The highest BCUT2D eigenvalue weighted by atomic mass is 32.2. The lowest BCUT2D eigenvalue weighted by Crippen LogP contribution is -2.36. The lowest BCUT2D eigenvalue weighted by molar-refractivity contribution is -0.142. The number of benzene rings is 2. The molecule has 1 aliphatic rings. The number of aryl methyl sites for hydroxylation is 1. The third-order valence-electron chi connectivity index (χ3n) is 4.54. The second-order valence-corrected chi connectivity index (χ2v) is 7.42. The van der Waals surface area contributed by atoms with E-state index in [0.29, 0.717) is 0 Å². The number of nitrogens with zero attached hydrogens (tertiary/aromatic N) is 1. The lowest BCUT2D eigenvalue weighted by atomic mass is 10.1. The minimum atomic E-state index is -0.709. The first-order valence-electron chi connectivity index (χ1n) is 8.61. The van der Waals surface area contributed by atoms with Crippen molar-refractivity contribution in [1.82, 2.24) is 4.90 Å². The molecule has 0 amide bonds. The maximum Gasteiger partial charge on any atom is 0.320 e. The molecule has 2 aromatic carbocycles. The number of likely N-dealkylation sites (tertiary alicyclic amines) is 1. The molecule has 1 saturated heterocycles. The molecular formula is C20H22FNO2S. The quantitative estimate of drug-likeness (QED) is 0.792. The summed E-state index contributed by atoms with van der Waals surface area (Å²) in [5.74, 6) is -0.934. The highest BCUT2D eigenvalue weighted by Gasteiger charge is 2.29. The van der Waals surface area contributed by atoms with Gasteiger partial charge in [-0.05, 0) is 68.6 Å². The Morgan fingerprint density at radius 1 is 1.24 bits per heavy atom. The minimum Gasteiger partial charge on any atom is -0.480 e. The number of hydrogen-bond donors (Lipinski definition) is 1. The summed E-state index contributed by atoms with van der Waals surface area (Å²) in [6, 6.07) is 14.5. The Morgan fingerprint density at radius 2 is 2.08 bits per heavy atom. The number of carboxylic acids is 1. The summed E-state index contributed by atoms with van der Waals surface area (Å²) in [6.45, 7) is 1.67. The van der Waals surface area contributed by atoms with Gasteiger partial charge in [-0.3, -0.25) is 9.69 Å². The van der Waals surface area contributed by atoms with Crippen LogP contribution in [0.4, 0.5) is 4.39 Å². The molecule has 0 spiro atoms. The first-order valence-corrected chi connectivity index (χ1v) is 9.43. The fraction of sp³-hybridized carbons (Fsp3) is 0.350. The minimum absolute atomic E-state index is 0.226.